The summed E-state index contributed by atoms with van der Waals surface area (Å²) in [5.41, 5.74) is 2.49. The van der Waals surface area contributed by atoms with E-state index in [1.165, 1.54) is 4.90 Å². The molecule has 1 saturated heterocycles. The Bertz CT molecular complexity index is 1300. The topological polar surface area (TPSA) is 112 Å². The molecule has 2 aliphatic heterocycles. The minimum Gasteiger partial charge on any atom is -0.489 e. The van der Waals surface area contributed by atoms with Crippen LogP contribution < -0.4 is 20.3 Å². The largest absolute Gasteiger partial charge is 0.489 e. The van der Waals surface area contributed by atoms with Gasteiger partial charge in [-0.15, -0.1) is 5.10 Å². The molecule has 0 radical (unpaired) electrons. The van der Waals surface area contributed by atoms with Crippen LogP contribution in [0.1, 0.15) is 40.4 Å². The van der Waals surface area contributed by atoms with Gasteiger partial charge >= 0.3 is 0 Å². The van der Waals surface area contributed by atoms with Crippen LogP contribution in [0.3, 0.4) is 0 Å². The van der Waals surface area contributed by atoms with Crippen molar-refractivity contribution in [3.63, 3.8) is 0 Å². The number of hydrogen-bond donors (Lipinski definition) is 3. The van der Waals surface area contributed by atoms with E-state index in [1.54, 1.807) is 7.05 Å². The van der Waals surface area contributed by atoms with Crippen molar-refractivity contribution in [3.05, 3.63) is 71.3 Å². The van der Waals surface area contributed by atoms with Crippen LogP contribution in [0.5, 0.6) is 5.75 Å². The Labute approximate surface area is 209 Å². The molecule has 1 fully saturated rings. The summed E-state index contributed by atoms with van der Waals surface area (Å²) in [5.74, 6) is 7.26. The van der Waals surface area contributed by atoms with Crippen molar-refractivity contribution in [2.75, 3.05) is 31.6 Å². The fourth-order valence-electron chi connectivity index (χ4n) is 4.32. The van der Waals surface area contributed by atoms with E-state index in [1.807, 2.05) is 48.5 Å². The Morgan fingerprint density at radius 1 is 1.19 bits per heavy atom. The van der Waals surface area contributed by atoms with Gasteiger partial charge in [-0.2, -0.15) is 0 Å². The van der Waals surface area contributed by atoms with Gasteiger partial charge in [-0.25, -0.2) is 4.98 Å². The maximum Gasteiger partial charge on any atom is 0.291 e. The van der Waals surface area contributed by atoms with E-state index in [2.05, 4.69) is 37.7 Å². The minimum absolute atomic E-state index is 0.00328. The number of aromatic amines is 1. The molecule has 2 aromatic carbocycles. The third kappa shape index (κ3) is 5.39. The number of nitrogens with one attached hydrogen (secondary N) is 3. The summed E-state index contributed by atoms with van der Waals surface area (Å²) in [5, 5.41) is 12.9. The zero-order valence-electron chi connectivity index (χ0n) is 20.1. The second-order valence-corrected chi connectivity index (χ2v) is 8.98. The molecule has 0 saturated carbocycles. The van der Waals surface area contributed by atoms with Crippen molar-refractivity contribution < 1.29 is 14.3 Å². The average Bonchev–Trinajstić information content (AvgIpc) is 3.35. The summed E-state index contributed by atoms with van der Waals surface area (Å²) in [6.07, 6.45) is 2.60. The molecule has 2 aliphatic rings. The van der Waals surface area contributed by atoms with E-state index in [0.717, 1.165) is 37.1 Å². The number of piperidine rings is 1. The van der Waals surface area contributed by atoms with Gasteiger partial charge < -0.3 is 20.3 Å². The third-order valence-corrected chi connectivity index (χ3v) is 6.37. The number of carbonyl (C=O) groups is 2. The van der Waals surface area contributed by atoms with E-state index >= 15 is 0 Å². The molecular weight excluding hydrogens is 456 g/mol. The van der Waals surface area contributed by atoms with Crippen LogP contribution in [0.25, 0.3) is 0 Å². The number of H-pyrrole nitrogens is 1. The van der Waals surface area contributed by atoms with Gasteiger partial charge in [-0.1, -0.05) is 42.2 Å². The quantitative estimate of drug-likeness (QED) is 0.488. The lowest BCUT2D eigenvalue weighted by molar-refractivity contribution is -0.120. The van der Waals surface area contributed by atoms with Gasteiger partial charge in [0.2, 0.25) is 5.82 Å². The summed E-state index contributed by atoms with van der Waals surface area (Å²) in [7, 11) is 1.67. The number of carbonyl (C=O) groups excluding carboxylic acids is 2. The molecule has 1 atom stereocenters. The molecule has 1 aromatic heterocycles. The van der Waals surface area contributed by atoms with Gasteiger partial charge in [-0.3, -0.25) is 14.7 Å². The Hall–Kier alpha value is -4.16. The predicted molar refractivity (Wildman–Crippen MR) is 135 cm³/mol. The predicted octanol–water partition coefficient (Wildman–Crippen LogP) is 1.90. The van der Waals surface area contributed by atoms with Gasteiger partial charge in [0.05, 0.1) is 5.69 Å². The zero-order valence-corrected chi connectivity index (χ0v) is 20.1. The van der Waals surface area contributed by atoms with Crippen LogP contribution in [0.2, 0.25) is 0 Å². The van der Waals surface area contributed by atoms with Crippen molar-refractivity contribution >= 4 is 17.5 Å². The van der Waals surface area contributed by atoms with E-state index in [9.17, 15) is 9.59 Å². The number of hydrogen-bond acceptors (Lipinski definition) is 6. The summed E-state index contributed by atoms with van der Waals surface area (Å²) < 4.78 is 5.89. The molecule has 3 aromatic rings. The number of anilines is 1. The first-order chi connectivity index (χ1) is 17.6. The van der Waals surface area contributed by atoms with Crippen molar-refractivity contribution in [2.45, 2.75) is 25.3 Å². The fourth-order valence-corrected chi connectivity index (χ4v) is 4.32. The van der Waals surface area contributed by atoms with Gasteiger partial charge in [0.25, 0.3) is 11.8 Å². The zero-order chi connectivity index (χ0) is 24.9. The molecule has 0 bridgehead atoms. The number of benzene rings is 2. The molecule has 0 unspecified atom stereocenters. The van der Waals surface area contributed by atoms with Crippen molar-refractivity contribution in [1.29, 1.82) is 0 Å². The maximum atomic E-state index is 13.2. The van der Waals surface area contributed by atoms with Crippen LogP contribution in [-0.2, 0) is 11.2 Å². The highest BCUT2D eigenvalue weighted by Crippen LogP contribution is 2.31. The maximum absolute atomic E-state index is 13.2. The van der Waals surface area contributed by atoms with Crippen LogP contribution in [0.4, 0.5) is 5.69 Å². The van der Waals surface area contributed by atoms with E-state index < -0.39 is 11.9 Å². The first kappa shape index (κ1) is 23.6. The van der Waals surface area contributed by atoms with Gasteiger partial charge in [0, 0.05) is 24.9 Å². The van der Waals surface area contributed by atoms with E-state index in [0.29, 0.717) is 29.6 Å². The highest BCUT2D eigenvalue weighted by molar-refractivity contribution is 6.02. The van der Waals surface area contributed by atoms with E-state index in [-0.39, 0.29) is 18.3 Å². The van der Waals surface area contributed by atoms with Crippen molar-refractivity contribution in [1.82, 2.24) is 25.8 Å². The lowest BCUT2D eigenvalue weighted by atomic mass is 9.98. The standard InChI is InChI=1S/C27H28N6O3/c1-33-22-15-20(8-7-18-11-13-28-14-12-18)9-10-23(22)36-17-21(27(33)35)29-26(34)25-30-24(31-32-25)16-19-5-3-2-4-6-19/h2-6,9-10,15,18,21,28H,11-14,16-17H2,1H3,(H,29,34)(H,30,31,32)/t21-/m0/s1. The van der Waals surface area contributed by atoms with Crippen LogP contribution in [-0.4, -0.2) is 59.8 Å². The Balaban J connectivity index is 1.25. The molecule has 36 heavy (non-hydrogen) atoms. The number of nitrogens with zero attached hydrogens (tertiary/aromatic N) is 3. The van der Waals surface area contributed by atoms with Gasteiger partial charge in [0.1, 0.15) is 24.2 Å². The highest BCUT2D eigenvalue weighted by Gasteiger charge is 2.31. The van der Waals surface area contributed by atoms with Crippen LogP contribution in [0.15, 0.2) is 48.5 Å². The summed E-state index contributed by atoms with van der Waals surface area (Å²) >= 11 is 0. The van der Waals surface area contributed by atoms with Crippen LogP contribution >= 0.6 is 0 Å². The monoisotopic (exact) mass is 484 g/mol. The van der Waals surface area contributed by atoms with Crippen LogP contribution in [0, 0.1) is 17.8 Å². The van der Waals surface area contributed by atoms with E-state index in [4.69, 9.17) is 4.74 Å². The summed E-state index contributed by atoms with van der Waals surface area (Å²) in [4.78, 5) is 31.8. The second kappa shape index (κ2) is 10.6. The molecule has 5 rings (SSSR count). The normalized spacial score (nSPS) is 17.9. The van der Waals surface area contributed by atoms with Gasteiger partial charge in [0.15, 0.2) is 0 Å². The number of ether oxygens (including phenoxy) is 1. The minimum atomic E-state index is -0.879. The molecule has 184 valence electrons. The molecule has 9 nitrogen and oxygen atoms in total. The molecular formula is C27H28N6O3. The second-order valence-electron chi connectivity index (χ2n) is 8.98. The Morgan fingerprint density at radius 2 is 2.00 bits per heavy atom. The molecule has 0 spiro atoms. The number of rotatable bonds is 4. The summed E-state index contributed by atoms with van der Waals surface area (Å²) in [6, 6.07) is 14.5. The number of fused-ring (bicyclic) bond motifs is 1. The molecule has 2 amide bonds. The number of amides is 2. The fraction of sp³-hybridized carbons (Fsp3) is 0.333. The van der Waals surface area contributed by atoms with Crippen molar-refractivity contribution in [3.8, 4) is 17.6 Å². The molecule has 3 N–H and O–H groups in total. The molecule has 3 heterocycles. The SMILES string of the molecule is CN1C(=O)[C@@H](NC(=O)c2n[nH]c(Cc3ccccc3)n2)COc2ccc(C#CC3CCNCC3)cc21. The lowest BCUT2D eigenvalue weighted by Gasteiger charge is -2.20. The Kier molecular flexibility index (Phi) is 6.96. The third-order valence-electron chi connectivity index (χ3n) is 6.37. The Morgan fingerprint density at radius 3 is 2.81 bits per heavy atom. The lowest BCUT2D eigenvalue weighted by Crippen LogP contribution is -2.49. The number of aromatic nitrogens is 3. The average molecular weight is 485 g/mol. The summed E-state index contributed by atoms with van der Waals surface area (Å²) in [6.45, 7) is 1.98. The first-order valence-electron chi connectivity index (χ1n) is 12.1. The molecule has 9 heteroatoms. The smallest absolute Gasteiger partial charge is 0.291 e. The molecule has 0 aliphatic carbocycles. The first-order valence-corrected chi connectivity index (χ1v) is 12.1. The highest BCUT2D eigenvalue weighted by atomic mass is 16.5. The number of likely N-dealkylation sites (N-methyl/N-ethyl adjacent to an activating group) is 1. The van der Waals surface area contributed by atoms with Crippen molar-refractivity contribution in [2.24, 2.45) is 5.92 Å². The van der Waals surface area contributed by atoms with Gasteiger partial charge in [-0.05, 0) is 49.7 Å².